The molecule has 0 aliphatic carbocycles. The molecule has 2 atom stereocenters. The first-order valence-corrected chi connectivity index (χ1v) is 5.86. The van der Waals surface area contributed by atoms with Crippen LogP contribution in [-0.4, -0.2) is 40.5 Å². The van der Waals surface area contributed by atoms with Gasteiger partial charge in [-0.2, -0.15) is 0 Å². The minimum absolute atomic E-state index is 0.0289. The molecule has 0 bridgehead atoms. The van der Waals surface area contributed by atoms with Gasteiger partial charge in [-0.15, -0.1) is 11.6 Å². The van der Waals surface area contributed by atoms with Crippen LogP contribution in [0.15, 0.2) is 0 Å². The fourth-order valence-electron chi connectivity index (χ4n) is 2.14. The summed E-state index contributed by atoms with van der Waals surface area (Å²) in [7, 11) is 0. The van der Waals surface area contributed by atoms with Crippen molar-refractivity contribution in [2.75, 3.05) is 13.1 Å². The van der Waals surface area contributed by atoms with Gasteiger partial charge < -0.3 is 10.0 Å². The van der Waals surface area contributed by atoms with E-state index in [0.717, 1.165) is 6.42 Å². The molecule has 0 saturated carbocycles. The zero-order valence-corrected chi connectivity index (χ0v) is 10.4. The molecule has 0 spiro atoms. The Labute approximate surface area is 96.4 Å². The van der Waals surface area contributed by atoms with Crippen molar-refractivity contribution in [2.45, 2.75) is 45.1 Å². The molecule has 15 heavy (non-hydrogen) atoms. The van der Waals surface area contributed by atoms with Crippen LogP contribution in [0, 0.1) is 5.41 Å². The molecule has 1 N–H and O–H groups in total. The Hall–Kier alpha value is -0.280. The maximum absolute atomic E-state index is 11.8. The van der Waals surface area contributed by atoms with E-state index in [1.54, 1.807) is 11.8 Å². The molecule has 88 valence electrons. The van der Waals surface area contributed by atoms with E-state index in [1.165, 1.54) is 0 Å². The second-order valence-electron chi connectivity index (χ2n) is 5.19. The highest BCUT2D eigenvalue weighted by molar-refractivity contribution is 6.30. The molecule has 1 amide bonds. The Morgan fingerprint density at radius 1 is 1.60 bits per heavy atom. The van der Waals surface area contributed by atoms with Crippen LogP contribution in [0.2, 0.25) is 0 Å². The number of carbonyl (C=O) groups excluding carboxylic acids is 1. The predicted octanol–water partition coefficient (Wildman–Crippen LogP) is 1.62. The number of likely N-dealkylation sites (tertiary alicyclic amines) is 1. The highest BCUT2D eigenvalue weighted by Gasteiger charge is 2.32. The Morgan fingerprint density at radius 3 is 2.73 bits per heavy atom. The summed E-state index contributed by atoms with van der Waals surface area (Å²) in [6.45, 7) is 7.13. The predicted molar refractivity (Wildman–Crippen MR) is 60.9 cm³/mol. The number of nitrogens with zero attached hydrogens (tertiary/aromatic N) is 1. The largest absolute Gasteiger partial charge is 0.393 e. The topological polar surface area (TPSA) is 40.5 Å². The Kier molecular flexibility index (Phi) is 4.01. The highest BCUT2D eigenvalue weighted by atomic mass is 35.5. The van der Waals surface area contributed by atoms with Gasteiger partial charge in [0.2, 0.25) is 5.91 Å². The van der Waals surface area contributed by atoms with Gasteiger partial charge in [0, 0.05) is 13.1 Å². The number of carbonyl (C=O) groups is 1. The first-order chi connectivity index (χ1) is 6.82. The molecular weight excluding hydrogens is 214 g/mol. The number of aliphatic hydroxyl groups excluding tert-OH is 1. The third-order valence-corrected chi connectivity index (χ3v) is 2.98. The smallest absolute Gasteiger partial charge is 0.240 e. The Bertz CT molecular complexity index is 241. The van der Waals surface area contributed by atoms with Crippen LogP contribution < -0.4 is 0 Å². The van der Waals surface area contributed by atoms with Crippen molar-refractivity contribution < 1.29 is 9.90 Å². The maximum Gasteiger partial charge on any atom is 0.240 e. The average molecular weight is 234 g/mol. The number of rotatable bonds is 1. The second-order valence-corrected chi connectivity index (χ2v) is 5.84. The van der Waals surface area contributed by atoms with E-state index in [0.29, 0.717) is 19.5 Å². The quantitative estimate of drug-likeness (QED) is 0.700. The monoisotopic (exact) mass is 233 g/mol. The molecule has 1 saturated heterocycles. The number of halogens is 1. The van der Waals surface area contributed by atoms with E-state index >= 15 is 0 Å². The molecule has 0 aromatic rings. The second kappa shape index (κ2) is 4.71. The van der Waals surface area contributed by atoms with Gasteiger partial charge in [0.1, 0.15) is 5.38 Å². The van der Waals surface area contributed by atoms with Crippen molar-refractivity contribution in [1.29, 1.82) is 0 Å². The lowest BCUT2D eigenvalue weighted by Crippen LogP contribution is -2.40. The normalized spacial score (nSPS) is 28.3. The number of aliphatic hydroxyl groups is 1. The van der Waals surface area contributed by atoms with Gasteiger partial charge in [0.15, 0.2) is 0 Å². The van der Waals surface area contributed by atoms with Gasteiger partial charge in [-0.05, 0) is 25.2 Å². The van der Waals surface area contributed by atoms with Crippen LogP contribution in [0.5, 0.6) is 0 Å². The minimum Gasteiger partial charge on any atom is -0.393 e. The first-order valence-electron chi connectivity index (χ1n) is 5.43. The van der Waals surface area contributed by atoms with Crippen LogP contribution in [-0.2, 0) is 4.79 Å². The zero-order valence-electron chi connectivity index (χ0n) is 9.66. The number of alkyl halides is 1. The molecule has 3 nitrogen and oxygen atoms in total. The van der Waals surface area contributed by atoms with Crippen molar-refractivity contribution >= 4 is 17.5 Å². The summed E-state index contributed by atoms with van der Waals surface area (Å²) >= 11 is 5.79. The summed E-state index contributed by atoms with van der Waals surface area (Å²) in [6, 6.07) is 0. The Morgan fingerprint density at radius 2 is 2.20 bits per heavy atom. The van der Waals surface area contributed by atoms with Gasteiger partial charge in [-0.25, -0.2) is 0 Å². The van der Waals surface area contributed by atoms with Gasteiger partial charge in [0.25, 0.3) is 0 Å². The van der Waals surface area contributed by atoms with Crippen molar-refractivity contribution in [3.63, 3.8) is 0 Å². The molecule has 1 fully saturated rings. The van der Waals surface area contributed by atoms with Crippen LogP contribution in [0.4, 0.5) is 0 Å². The van der Waals surface area contributed by atoms with E-state index in [9.17, 15) is 9.90 Å². The molecule has 0 aromatic carbocycles. The standard InChI is InChI=1S/C11H20ClNO2/c1-8(12)10(15)13-5-4-9(14)6-11(2,3)7-13/h8-9,14H,4-7H2,1-3H3. The molecule has 4 heteroatoms. The SMILES string of the molecule is CC(Cl)C(=O)N1CCC(O)CC(C)(C)C1. The van der Waals surface area contributed by atoms with Crippen LogP contribution >= 0.6 is 11.6 Å². The molecule has 1 aliphatic rings. The van der Waals surface area contributed by atoms with Crippen molar-refractivity contribution in [1.82, 2.24) is 4.90 Å². The highest BCUT2D eigenvalue weighted by Crippen LogP contribution is 2.28. The molecule has 1 rings (SSSR count). The lowest BCUT2D eigenvalue weighted by atomic mass is 9.87. The molecule has 0 radical (unpaired) electrons. The van der Waals surface area contributed by atoms with Gasteiger partial charge in [0.05, 0.1) is 6.10 Å². The summed E-state index contributed by atoms with van der Waals surface area (Å²) in [6.07, 6.45) is 1.09. The molecule has 1 heterocycles. The fourth-order valence-corrected chi connectivity index (χ4v) is 2.28. The number of hydrogen-bond acceptors (Lipinski definition) is 2. The van der Waals surface area contributed by atoms with Gasteiger partial charge in [-0.3, -0.25) is 4.79 Å². The summed E-state index contributed by atoms with van der Waals surface area (Å²) in [5.41, 5.74) is -0.0304. The molecule has 2 unspecified atom stereocenters. The van der Waals surface area contributed by atoms with E-state index in [2.05, 4.69) is 13.8 Å². The van der Waals surface area contributed by atoms with E-state index in [4.69, 9.17) is 11.6 Å². The lowest BCUT2D eigenvalue weighted by molar-refractivity contribution is -0.131. The third-order valence-electron chi connectivity index (χ3n) is 2.79. The van der Waals surface area contributed by atoms with Gasteiger partial charge >= 0.3 is 0 Å². The summed E-state index contributed by atoms with van der Waals surface area (Å²) in [5, 5.41) is 9.22. The van der Waals surface area contributed by atoms with Crippen LogP contribution in [0.1, 0.15) is 33.6 Å². The minimum atomic E-state index is -0.476. The first kappa shape index (κ1) is 12.8. The Balaban J connectivity index is 2.71. The number of hydrogen-bond donors (Lipinski definition) is 1. The van der Waals surface area contributed by atoms with Crippen molar-refractivity contribution in [3.8, 4) is 0 Å². The summed E-state index contributed by atoms with van der Waals surface area (Å²) in [5.74, 6) is -0.0289. The fraction of sp³-hybridized carbons (Fsp3) is 0.909. The maximum atomic E-state index is 11.8. The van der Waals surface area contributed by atoms with E-state index in [1.807, 2.05) is 0 Å². The number of amides is 1. The van der Waals surface area contributed by atoms with E-state index < -0.39 is 5.38 Å². The van der Waals surface area contributed by atoms with Gasteiger partial charge in [-0.1, -0.05) is 13.8 Å². The average Bonchev–Trinajstić information content (AvgIpc) is 2.21. The third kappa shape index (κ3) is 3.65. The zero-order chi connectivity index (χ0) is 11.6. The van der Waals surface area contributed by atoms with E-state index in [-0.39, 0.29) is 17.4 Å². The lowest BCUT2D eigenvalue weighted by Gasteiger charge is -2.30. The van der Waals surface area contributed by atoms with Crippen molar-refractivity contribution in [3.05, 3.63) is 0 Å². The van der Waals surface area contributed by atoms with Crippen LogP contribution in [0.3, 0.4) is 0 Å². The molecule has 0 aromatic heterocycles. The summed E-state index contributed by atoms with van der Waals surface area (Å²) < 4.78 is 0. The molecule has 1 aliphatic heterocycles. The van der Waals surface area contributed by atoms with Crippen LogP contribution in [0.25, 0.3) is 0 Å². The molecular formula is C11H20ClNO2. The summed E-state index contributed by atoms with van der Waals surface area (Å²) in [4.78, 5) is 13.5. The van der Waals surface area contributed by atoms with Crippen molar-refractivity contribution in [2.24, 2.45) is 5.41 Å².